The van der Waals surface area contributed by atoms with Gasteiger partial charge in [-0.3, -0.25) is 4.79 Å². The summed E-state index contributed by atoms with van der Waals surface area (Å²) in [4.78, 5) is 13.6. The van der Waals surface area contributed by atoms with Crippen molar-refractivity contribution >= 4 is 24.1 Å². The Kier molecular flexibility index (Phi) is 3.93. The summed E-state index contributed by atoms with van der Waals surface area (Å²) in [6.45, 7) is 4.67. The highest BCUT2D eigenvalue weighted by Gasteiger charge is 2.53. The van der Waals surface area contributed by atoms with Gasteiger partial charge in [-0.2, -0.15) is 0 Å². The van der Waals surface area contributed by atoms with Crippen molar-refractivity contribution < 1.29 is 4.79 Å². The zero-order chi connectivity index (χ0) is 16.7. The lowest BCUT2D eigenvalue weighted by molar-refractivity contribution is -0.111. The Bertz CT molecular complexity index is 737. The zero-order valence-corrected chi connectivity index (χ0v) is 15.2. The number of carbonyl (C=O) groups excluding carboxylic acids is 1. The number of hydrogen-bond acceptors (Lipinski definition) is 1. The van der Waals surface area contributed by atoms with Crippen LogP contribution in [0.2, 0.25) is 0 Å². The number of benzene rings is 2. The lowest BCUT2D eigenvalue weighted by Gasteiger charge is -2.56. The summed E-state index contributed by atoms with van der Waals surface area (Å²) in [6, 6.07) is 20.6. The molecule has 3 aliphatic rings. The van der Waals surface area contributed by atoms with Gasteiger partial charge in [-0.15, -0.1) is 0 Å². The van der Waals surface area contributed by atoms with Crippen molar-refractivity contribution in [2.24, 2.45) is 17.3 Å². The van der Waals surface area contributed by atoms with Gasteiger partial charge >= 0.3 is 0 Å². The normalized spacial score (nSPS) is 24.2. The average molecular weight is 334 g/mol. The van der Waals surface area contributed by atoms with Crippen molar-refractivity contribution in [3.8, 4) is 0 Å². The summed E-state index contributed by atoms with van der Waals surface area (Å²) in [5.74, 6) is 1.21. The van der Waals surface area contributed by atoms with E-state index in [2.05, 4.69) is 44.2 Å². The molecule has 2 heteroatoms. The largest absolute Gasteiger partial charge is 0.289 e. The summed E-state index contributed by atoms with van der Waals surface area (Å²) in [5, 5.41) is 2.31. The van der Waals surface area contributed by atoms with E-state index in [9.17, 15) is 4.79 Å². The fourth-order valence-electron chi connectivity index (χ4n) is 4.26. The molecule has 0 N–H and O–H groups in total. The second-order valence-corrected chi connectivity index (χ2v) is 9.62. The Morgan fingerprint density at radius 1 is 0.958 bits per heavy atom. The van der Waals surface area contributed by atoms with E-state index in [0.29, 0.717) is 11.4 Å². The highest BCUT2D eigenvalue weighted by molar-refractivity contribution is 7.88. The van der Waals surface area contributed by atoms with Crippen LogP contribution in [-0.4, -0.2) is 5.52 Å². The third kappa shape index (κ3) is 2.47. The third-order valence-electron chi connectivity index (χ3n) is 5.95. The van der Waals surface area contributed by atoms with Crippen LogP contribution in [0.3, 0.4) is 0 Å². The Hall–Kier alpha value is -1.72. The number of fused-ring (bicyclic) bond motifs is 1. The lowest BCUT2D eigenvalue weighted by atomic mass is 9.49. The molecule has 1 fully saturated rings. The first-order valence-corrected chi connectivity index (χ1v) is 10.1. The van der Waals surface area contributed by atoms with E-state index in [1.165, 1.54) is 6.42 Å². The molecule has 0 aliphatic heterocycles. The molecule has 0 radical (unpaired) electrons. The second kappa shape index (κ2) is 5.97. The van der Waals surface area contributed by atoms with E-state index in [1.807, 2.05) is 36.4 Å². The molecule has 3 aliphatic carbocycles. The first kappa shape index (κ1) is 15.8. The number of allylic oxidation sites excluding steroid dienone is 2. The number of hydrogen-bond donors (Lipinski definition) is 0. The summed E-state index contributed by atoms with van der Waals surface area (Å²) in [7, 11) is -0.986. The van der Waals surface area contributed by atoms with Gasteiger partial charge in [0.15, 0.2) is 5.52 Å². The number of carbonyl (C=O) groups is 1. The van der Waals surface area contributed by atoms with E-state index < -0.39 is 7.92 Å². The van der Waals surface area contributed by atoms with Gasteiger partial charge in [0.1, 0.15) is 0 Å². The van der Waals surface area contributed by atoms with Crippen LogP contribution in [0.15, 0.2) is 72.3 Å². The van der Waals surface area contributed by atoms with Crippen LogP contribution < -0.4 is 10.6 Å². The van der Waals surface area contributed by atoms with E-state index in [-0.39, 0.29) is 5.41 Å². The van der Waals surface area contributed by atoms with Gasteiger partial charge in [-0.25, -0.2) is 0 Å². The molecule has 1 saturated carbocycles. The van der Waals surface area contributed by atoms with E-state index in [4.69, 9.17) is 0 Å². The Labute approximate surface area is 145 Å². The molecule has 0 saturated heterocycles. The summed E-state index contributed by atoms with van der Waals surface area (Å²) >= 11 is 0. The molecule has 1 nitrogen and oxygen atoms in total. The van der Waals surface area contributed by atoms with Gasteiger partial charge in [0.25, 0.3) is 0 Å². The van der Waals surface area contributed by atoms with E-state index in [1.54, 1.807) is 0 Å². The van der Waals surface area contributed by atoms with Crippen LogP contribution in [0, 0.1) is 17.3 Å². The Morgan fingerprint density at radius 2 is 1.50 bits per heavy atom. The van der Waals surface area contributed by atoms with Crippen molar-refractivity contribution in [2.75, 3.05) is 0 Å². The predicted octanol–water partition coefficient (Wildman–Crippen LogP) is 4.64. The molecule has 2 aromatic carbocycles. The molecule has 122 valence electrons. The minimum atomic E-state index is -0.986. The monoisotopic (exact) mass is 334 g/mol. The summed E-state index contributed by atoms with van der Waals surface area (Å²) in [5.41, 5.74) is 1.74. The molecule has 0 amide bonds. The van der Waals surface area contributed by atoms with Gasteiger partial charge in [0.05, 0.1) is 0 Å². The minimum absolute atomic E-state index is 0.286. The Morgan fingerprint density at radius 3 is 1.96 bits per heavy atom. The van der Waals surface area contributed by atoms with Crippen molar-refractivity contribution in [2.45, 2.75) is 26.7 Å². The molecule has 0 aromatic heterocycles. The average Bonchev–Trinajstić information content (AvgIpc) is 2.63. The second-order valence-electron chi connectivity index (χ2n) is 7.51. The standard InChI is InChI=1S/C22H23OP/c1-22(2)16-13-14-19(20(22)15-16)21(23)24(17-9-5-3-6-10-17)18-11-7-4-8-12-18/h3-12,14,16,20H,13,15H2,1-2H3. The molecule has 5 rings (SSSR count). The van der Waals surface area contributed by atoms with Crippen molar-refractivity contribution in [3.05, 3.63) is 72.3 Å². The maximum Gasteiger partial charge on any atom is 0.189 e. The van der Waals surface area contributed by atoms with Crippen LogP contribution in [-0.2, 0) is 4.79 Å². The van der Waals surface area contributed by atoms with Gasteiger partial charge in [0.2, 0.25) is 0 Å². The quantitative estimate of drug-likeness (QED) is 0.745. The van der Waals surface area contributed by atoms with E-state index in [0.717, 1.165) is 28.5 Å². The number of rotatable bonds is 4. The highest BCUT2D eigenvalue weighted by atomic mass is 31.1. The Balaban J connectivity index is 1.75. The van der Waals surface area contributed by atoms with Crippen LogP contribution >= 0.6 is 7.92 Å². The van der Waals surface area contributed by atoms with Crippen LogP contribution in [0.5, 0.6) is 0 Å². The molecule has 2 unspecified atom stereocenters. The van der Waals surface area contributed by atoms with Crippen LogP contribution in [0.1, 0.15) is 26.7 Å². The smallest absolute Gasteiger partial charge is 0.189 e. The van der Waals surface area contributed by atoms with Crippen molar-refractivity contribution in [1.82, 2.24) is 0 Å². The third-order valence-corrected chi connectivity index (χ3v) is 8.24. The predicted molar refractivity (Wildman–Crippen MR) is 102 cm³/mol. The van der Waals surface area contributed by atoms with Gasteiger partial charge in [-0.1, -0.05) is 80.6 Å². The molecule has 0 spiro atoms. The molecule has 2 bridgehead atoms. The van der Waals surface area contributed by atoms with Crippen molar-refractivity contribution in [3.63, 3.8) is 0 Å². The van der Waals surface area contributed by atoms with Gasteiger partial charge in [0, 0.05) is 13.5 Å². The molecule has 0 heterocycles. The van der Waals surface area contributed by atoms with E-state index >= 15 is 0 Å². The maximum atomic E-state index is 13.6. The zero-order valence-electron chi connectivity index (χ0n) is 14.3. The summed E-state index contributed by atoms with van der Waals surface area (Å²) < 4.78 is 0. The molecular weight excluding hydrogens is 311 g/mol. The van der Waals surface area contributed by atoms with Gasteiger partial charge < -0.3 is 0 Å². The molecule has 24 heavy (non-hydrogen) atoms. The first-order chi connectivity index (χ1) is 11.6. The SMILES string of the molecule is CC1(C)C2CC=C(C(=O)P(c3ccccc3)c3ccccc3)C1C2. The minimum Gasteiger partial charge on any atom is -0.289 e. The molecule has 2 atom stereocenters. The highest BCUT2D eigenvalue weighted by Crippen LogP contribution is 2.61. The maximum absolute atomic E-state index is 13.6. The fourth-order valence-corrected chi connectivity index (χ4v) is 6.47. The topological polar surface area (TPSA) is 17.1 Å². The lowest BCUT2D eigenvalue weighted by Crippen LogP contribution is -2.49. The molecule has 2 aromatic rings. The van der Waals surface area contributed by atoms with Crippen LogP contribution in [0.4, 0.5) is 0 Å². The van der Waals surface area contributed by atoms with Gasteiger partial charge in [-0.05, 0) is 40.7 Å². The van der Waals surface area contributed by atoms with Crippen molar-refractivity contribution in [1.29, 1.82) is 0 Å². The van der Waals surface area contributed by atoms with Crippen LogP contribution in [0.25, 0.3) is 0 Å². The molecular formula is C22H23OP. The summed E-state index contributed by atoms with van der Waals surface area (Å²) in [6.07, 6.45) is 4.50. The first-order valence-electron chi connectivity index (χ1n) is 8.73. The fraction of sp³-hybridized carbons (Fsp3) is 0.318.